The zero-order valence-electron chi connectivity index (χ0n) is 20.6. The number of aromatic nitrogens is 2. The van der Waals surface area contributed by atoms with Crippen LogP contribution in [0.15, 0.2) is 34.2 Å². The number of carbonyl (C=O) groups is 1. The number of nitrogens with zero attached hydrogens (tertiary/aromatic N) is 4. The maximum atomic E-state index is 13.6. The topological polar surface area (TPSA) is 58.4 Å². The number of aryl methyl sites for hydroxylation is 3. The van der Waals surface area contributed by atoms with Crippen LogP contribution in [0, 0.1) is 6.92 Å². The van der Waals surface area contributed by atoms with Crippen LogP contribution in [-0.2, 0) is 30.7 Å². The third-order valence-electron chi connectivity index (χ3n) is 6.45. The van der Waals surface area contributed by atoms with Crippen LogP contribution in [0.4, 0.5) is 0 Å². The smallest absolute Gasteiger partial charge is 0.263 e. The monoisotopic (exact) mass is 498 g/mol. The molecule has 0 unspecified atom stereocenters. The van der Waals surface area contributed by atoms with Crippen LogP contribution in [0.25, 0.3) is 10.2 Å². The van der Waals surface area contributed by atoms with Crippen LogP contribution in [0.2, 0.25) is 0 Å². The van der Waals surface area contributed by atoms with Crippen molar-refractivity contribution in [2.45, 2.75) is 57.3 Å². The first kappa shape index (κ1) is 24.9. The Morgan fingerprint density at radius 3 is 2.71 bits per heavy atom. The molecule has 1 aliphatic carbocycles. The average Bonchev–Trinajstić information content (AvgIpc) is 3.19. The second-order valence-corrected chi connectivity index (χ2v) is 11.4. The fourth-order valence-corrected chi connectivity index (χ4v) is 6.71. The van der Waals surface area contributed by atoms with E-state index in [-0.39, 0.29) is 17.2 Å². The lowest BCUT2D eigenvalue weighted by molar-refractivity contribution is -0.127. The summed E-state index contributed by atoms with van der Waals surface area (Å²) >= 11 is 3.05. The number of carbonyl (C=O) groups excluding carboxylic acids is 1. The fraction of sp³-hybridized carbons (Fsp3) is 0.500. The summed E-state index contributed by atoms with van der Waals surface area (Å²) in [5, 5.41) is 1.48. The molecule has 2 aromatic heterocycles. The van der Waals surface area contributed by atoms with E-state index in [1.165, 1.54) is 34.2 Å². The van der Waals surface area contributed by atoms with Crippen LogP contribution in [0.1, 0.15) is 40.8 Å². The van der Waals surface area contributed by atoms with Crippen molar-refractivity contribution in [3.63, 3.8) is 0 Å². The molecule has 0 aliphatic heterocycles. The summed E-state index contributed by atoms with van der Waals surface area (Å²) in [5.41, 5.74) is 3.60. The molecule has 0 radical (unpaired) electrons. The maximum absolute atomic E-state index is 13.6. The summed E-state index contributed by atoms with van der Waals surface area (Å²) in [6.07, 6.45) is 5.19. The number of thiophene rings is 1. The van der Waals surface area contributed by atoms with Crippen molar-refractivity contribution in [1.29, 1.82) is 0 Å². The van der Waals surface area contributed by atoms with E-state index in [1.807, 2.05) is 37.8 Å². The van der Waals surface area contributed by atoms with Crippen molar-refractivity contribution < 1.29 is 4.79 Å². The van der Waals surface area contributed by atoms with Gasteiger partial charge in [0.2, 0.25) is 5.91 Å². The van der Waals surface area contributed by atoms with E-state index in [2.05, 4.69) is 24.0 Å². The predicted octanol–water partition coefficient (Wildman–Crippen LogP) is 4.35. The van der Waals surface area contributed by atoms with Gasteiger partial charge in [0, 0.05) is 25.0 Å². The third kappa shape index (κ3) is 5.56. The number of amides is 1. The molecule has 1 amide bonds. The molecule has 6 nitrogen and oxygen atoms in total. The minimum absolute atomic E-state index is 0.0351. The highest BCUT2D eigenvalue weighted by Crippen LogP contribution is 2.34. The van der Waals surface area contributed by atoms with E-state index in [0.29, 0.717) is 18.2 Å². The molecule has 0 saturated carbocycles. The minimum Gasteiger partial charge on any atom is -0.341 e. The molecule has 34 heavy (non-hydrogen) atoms. The van der Waals surface area contributed by atoms with Gasteiger partial charge < -0.3 is 9.80 Å². The van der Waals surface area contributed by atoms with E-state index in [1.54, 1.807) is 16.2 Å². The molecular formula is C26H34N4O2S2. The van der Waals surface area contributed by atoms with Gasteiger partial charge in [0.25, 0.3) is 5.56 Å². The Morgan fingerprint density at radius 1 is 1.18 bits per heavy atom. The highest BCUT2D eigenvalue weighted by molar-refractivity contribution is 7.99. The maximum Gasteiger partial charge on any atom is 0.263 e. The molecule has 0 spiro atoms. The molecule has 0 bridgehead atoms. The highest BCUT2D eigenvalue weighted by Gasteiger charge is 2.23. The molecule has 0 fully saturated rings. The van der Waals surface area contributed by atoms with Crippen molar-refractivity contribution in [2.75, 3.05) is 33.4 Å². The minimum atomic E-state index is 0.0351. The lowest BCUT2D eigenvalue weighted by Crippen LogP contribution is -2.29. The van der Waals surface area contributed by atoms with Gasteiger partial charge >= 0.3 is 0 Å². The first-order valence-electron chi connectivity index (χ1n) is 12.0. The molecule has 1 aromatic carbocycles. The molecule has 0 atom stereocenters. The van der Waals surface area contributed by atoms with Crippen LogP contribution in [-0.4, -0.2) is 58.7 Å². The molecule has 0 N–H and O–H groups in total. The second-order valence-electron chi connectivity index (χ2n) is 9.36. The van der Waals surface area contributed by atoms with Crippen molar-refractivity contribution in [1.82, 2.24) is 19.4 Å². The van der Waals surface area contributed by atoms with Crippen molar-refractivity contribution in [3.05, 3.63) is 56.2 Å². The molecule has 182 valence electrons. The molecule has 3 aromatic rings. The molecule has 8 heteroatoms. The van der Waals surface area contributed by atoms with Gasteiger partial charge in [0.05, 0.1) is 11.1 Å². The van der Waals surface area contributed by atoms with Gasteiger partial charge in [-0.1, -0.05) is 36.0 Å². The van der Waals surface area contributed by atoms with Crippen LogP contribution >= 0.6 is 23.1 Å². The van der Waals surface area contributed by atoms with E-state index in [0.717, 1.165) is 48.0 Å². The van der Waals surface area contributed by atoms with Crippen LogP contribution in [0.3, 0.4) is 0 Å². The molecule has 1 aliphatic rings. The number of fused-ring (bicyclic) bond motifs is 3. The van der Waals surface area contributed by atoms with Gasteiger partial charge in [-0.2, -0.15) is 0 Å². The van der Waals surface area contributed by atoms with Crippen molar-refractivity contribution in [3.8, 4) is 0 Å². The number of thioether (sulfide) groups is 1. The zero-order valence-corrected chi connectivity index (χ0v) is 22.2. The van der Waals surface area contributed by atoms with E-state index >= 15 is 0 Å². The number of benzene rings is 1. The van der Waals surface area contributed by atoms with E-state index < -0.39 is 0 Å². The van der Waals surface area contributed by atoms with Gasteiger partial charge in [-0.3, -0.25) is 14.2 Å². The standard InChI is InChI=1S/C26H34N4O2S2/c1-18-10-5-6-11-19(18)16-29(4)22(31)17-33-26-27-24-23(20-12-7-8-13-21(20)34-24)25(32)30(26)15-9-14-28(2)3/h5-6,10-11H,7-9,12-17H2,1-4H3. The Balaban J connectivity index is 1.56. The molecule has 4 rings (SSSR count). The van der Waals surface area contributed by atoms with Gasteiger partial charge in [-0.15, -0.1) is 11.3 Å². The van der Waals surface area contributed by atoms with Gasteiger partial charge in [0.15, 0.2) is 5.16 Å². The summed E-state index contributed by atoms with van der Waals surface area (Å²) in [6.45, 7) is 4.15. The first-order valence-corrected chi connectivity index (χ1v) is 13.8. The molecular weight excluding hydrogens is 464 g/mol. The Bertz CT molecular complexity index is 1230. The Labute approximate surface area is 210 Å². The number of hydrogen-bond acceptors (Lipinski definition) is 6. The predicted molar refractivity (Wildman–Crippen MR) is 142 cm³/mol. The van der Waals surface area contributed by atoms with Crippen LogP contribution in [0.5, 0.6) is 0 Å². The average molecular weight is 499 g/mol. The third-order valence-corrected chi connectivity index (χ3v) is 8.59. The van der Waals surface area contributed by atoms with Gasteiger partial charge in [-0.25, -0.2) is 4.98 Å². The SMILES string of the molecule is Cc1ccccc1CN(C)C(=O)CSc1nc2sc3c(c2c(=O)n1CCCN(C)C)CCCC3. The zero-order chi connectivity index (χ0) is 24.2. The van der Waals surface area contributed by atoms with Crippen LogP contribution < -0.4 is 5.56 Å². The summed E-state index contributed by atoms with van der Waals surface area (Å²) in [4.78, 5) is 37.5. The number of hydrogen-bond donors (Lipinski definition) is 0. The van der Waals surface area contributed by atoms with E-state index in [9.17, 15) is 9.59 Å². The van der Waals surface area contributed by atoms with Crippen molar-refractivity contribution in [2.24, 2.45) is 0 Å². The first-order chi connectivity index (χ1) is 16.3. The lowest BCUT2D eigenvalue weighted by Gasteiger charge is -2.19. The Morgan fingerprint density at radius 2 is 1.94 bits per heavy atom. The fourth-order valence-electron chi connectivity index (χ4n) is 4.44. The normalized spacial score (nSPS) is 13.4. The summed E-state index contributed by atoms with van der Waals surface area (Å²) in [6, 6.07) is 8.13. The Hall–Kier alpha value is -2.16. The Kier molecular flexibility index (Phi) is 8.11. The van der Waals surface area contributed by atoms with Gasteiger partial charge in [0.1, 0.15) is 4.83 Å². The molecule has 2 heterocycles. The second kappa shape index (κ2) is 11.1. The summed E-state index contributed by atoms with van der Waals surface area (Å²) in [7, 11) is 5.92. The summed E-state index contributed by atoms with van der Waals surface area (Å²) < 4.78 is 1.81. The van der Waals surface area contributed by atoms with Gasteiger partial charge in [-0.05, 0) is 76.4 Å². The molecule has 0 saturated heterocycles. The van der Waals surface area contributed by atoms with Crippen molar-refractivity contribution >= 4 is 39.2 Å². The largest absolute Gasteiger partial charge is 0.341 e. The summed E-state index contributed by atoms with van der Waals surface area (Å²) in [5.74, 6) is 0.298. The van der Waals surface area contributed by atoms with E-state index in [4.69, 9.17) is 4.98 Å². The number of rotatable bonds is 9. The quantitative estimate of drug-likeness (QED) is 0.324. The lowest BCUT2D eigenvalue weighted by atomic mass is 9.97. The highest BCUT2D eigenvalue weighted by atomic mass is 32.2.